The van der Waals surface area contributed by atoms with Crippen LogP contribution >= 0.6 is 11.3 Å². The SMILES string of the molecule is Cc1nc(C)c(CC(=O)Nc2ccc(C(C)(C)C)cc2)s1. The third-order valence-corrected chi connectivity index (χ3v) is 4.43. The lowest BCUT2D eigenvalue weighted by atomic mass is 9.87. The average Bonchev–Trinajstić information content (AvgIpc) is 2.67. The van der Waals surface area contributed by atoms with Gasteiger partial charge < -0.3 is 5.32 Å². The van der Waals surface area contributed by atoms with E-state index in [1.807, 2.05) is 26.0 Å². The average molecular weight is 302 g/mol. The minimum Gasteiger partial charge on any atom is -0.326 e. The van der Waals surface area contributed by atoms with E-state index in [4.69, 9.17) is 0 Å². The maximum absolute atomic E-state index is 12.1. The van der Waals surface area contributed by atoms with Gasteiger partial charge in [0.1, 0.15) is 0 Å². The summed E-state index contributed by atoms with van der Waals surface area (Å²) < 4.78 is 0. The molecular formula is C17H22N2OS. The Labute approximate surface area is 130 Å². The summed E-state index contributed by atoms with van der Waals surface area (Å²) in [6, 6.07) is 8.06. The summed E-state index contributed by atoms with van der Waals surface area (Å²) in [7, 11) is 0. The van der Waals surface area contributed by atoms with Crippen LogP contribution in [0.25, 0.3) is 0 Å². The van der Waals surface area contributed by atoms with Crippen molar-refractivity contribution in [1.29, 1.82) is 0 Å². The Morgan fingerprint density at radius 3 is 2.29 bits per heavy atom. The third kappa shape index (κ3) is 4.14. The smallest absolute Gasteiger partial charge is 0.229 e. The van der Waals surface area contributed by atoms with E-state index in [1.165, 1.54) is 5.56 Å². The standard InChI is InChI=1S/C17H22N2OS/c1-11-15(21-12(2)18-11)10-16(20)19-14-8-6-13(7-9-14)17(3,4)5/h6-9H,10H2,1-5H3,(H,19,20). The molecule has 3 nitrogen and oxygen atoms in total. The van der Waals surface area contributed by atoms with Gasteiger partial charge in [-0.25, -0.2) is 4.98 Å². The molecule has 112 valence electrons. The van der Waals surface area contributed by atoms with Gasteiger partial charge in [0, 0.05) is 10.6 Å². The summed E-state index contributed by atoms with van der Waals surface area (Å²) in [5, 5.41) is 3.95. The van der Waals surface area contributed by atoms with Crippen molar-refractivity contribution < 1.29 is 4.79 Å². The predicted octanol–water partition coefficient (Wildman–Crippen LogP) is 4.24. The highest BCUT2D eigenvalue weighted by Gasteiger charge is 2.14. The van der Waals surface area contributed by atoms with Gasteiger partial charge in [-0.3, -0.25) is 4.79 Å². The zero-order valence-electron chi connectivity index (χ0n) is 13.3. The van der Waals surface area contributed by atoms with Gasteiger partial charge in [-0.15, -0.1) is 11.3 Å². The Morgan fingerprint density at radius 2 is 1.81 bits per heavy atom. The number of amides is 1. The number of aryl methyl sites for hydroxylation is 2. The molecule has 0 spiro atoms. The molecule has 0 atom stereocenters. The molecule has 1 aromatic carbocycles. The van der Waals surface area contributed by atoms with E-state index >= 15 is 0 Å². The molecule has 0 aliphatic rings. The maximum atomic E-state index is 12.1. The Kier molecular flexibility index (Phi) is 4.47. The second-order valence-electron chi connectivity index (χ2n) is 6.29. The Morgan fingerprint density at radius 1 is 1.19 bits per heavy atom. The van der Waals surface area contributed by atoms with E-state index in [9.17, 15) is 4.79 Å². The molecule has 0 saturated heterocycles. The third-order valence-electron chi connectivity index (χ3n) is 3.36. The van der Waals surface area contributed by atoms with Gasteiger partial charge in [0.05, 0.1) is 17.1 Å². The van der Waals surface area contributed by atoms with E-state index < -0.39 is 0 Å². The number of rotatable bonds is 3. The fourth-order valence-electron chi connectivity index (χ4n) is 2.14. The van der Waals surface area contributed by atoms with Crippen molar-refractivity contribution in [3.63, 3.8) is 0 Å². The minimum absolute atomic E-state index is 0.00487. The van der Waals surface area contributed by atoms with Crippen LogP contribution in [0.3, 0.4) is 0 Å². The Balaban J connectivity index is 2.01. The minimum atomic E-state index is 0.00487. The van der Waals surface area contributed by atoms with Gasteiger partial charge in [0.2, 0.25) is 5.91 Å². The molecule has 21 heavy (non-hydrogen) atoms. The molecule has 0 aliphatic carbocycles. The van der Waals surface area contributed by atoms with Crippen LogP contribution in [0.1, 0.15) is 41.9 Å². The first-order valence-corrected chi connectivity index (χ1v) is 7.90. The molecule has 0 radical (unpaired) electrons. The number of benzene rings is 1. The van der Waals surface area contributed by atoms with Crippen molar-refractivity contribution in [3.05, 3.63) is 45.4 Å². The molecule has 0 saturated carbocycles. The predicted molar refractivity (Wildman–Crippen MR) is 89.1 cm³/mol. The summed E-state index contributed by atoms with van der Waals surface area (Å²) in [6.07, 6.45) is 0.387. The fraction of sp³-hybridized carbons (Fsp3) is 0.412. The van der Waals surface area contributed by atoms with Crippen molar-refractivity contribution >= 4 is 22.9 Å². The Hall–Kier alpha value is -1.68. The summed E-state index contributed by atoms with van der Waals surface area (Å²) in [6.45, 7) is 10.4. The van der Waals surface area contributed by atoms with E-state index in [1.54, 1.807) is 11.3 Å². The van der Waals surface area contributed by atoms with Crippen LogP contribution < -0.4 is 5.32 Å². The van der Waals surface area contributed by atoms with Crippen LogP contribution in [-0.2, 0) is 16.6 Å². The monoisotopic (exact) mass is 302 g/mol. The molecule has 2 rings (SSSR count). The van der Waals surface area contributed by atoms with E-state index in [0.29, 0.717) is 6.42 Å². The van der Waals surface area contributed by atoms with Crippen LogP contribution in [0.2, 0.25) is 0 Å². The fourth-order valence-corrected chi connectivity index (χ4v) is 3.08. The highest BCUT2D eigenvalue weighted by atomic mass is 32.1. The normalized spacial score (nSPS) is 11.5. The molecule has 2 aromatic rings. The topological polar surface area (TPSA) is 42.0 Å². The molecule has 0 bridgehead atoms. The maximum Gasteiger partial charge on any atom is 0.229 e. The lowest BCUT2D eigenvalue weighted by Crippen LogP contribution is -2.15. The van der Waals surface area contributed by atoms with Gasteiger partial charge in [0.15, 0.2) is 0 Å². The van der Waals surface area contributed by atoms with Crippen molar-refractivity contribution in [2.75, 3.05) is 5.32 Å². The van der Waals surface area contributed by atoms with Crippen LogP contribution in [0, 0.1) is 13.8 Å². The Bertz CT molecular complexity index is 636. The second kappa shape index (κ2) is 5.98. The number of nitrogens with one attached hydrogen (secondary N) is 1. The second-order valence-corrected chi connectivity index (χ2v) is 7.58. The number of aromatic nitrogens is 1. The molecule has 0 unspecified atom stereocenters. The summed E-state index contributed by atoms with van der Waals surface area (Å²) in [4.78, 5) is 17.5. The summed E-state index contributed by atoms with van der Waals surface area (Å²) in [5.74, 6) is 0.00487. The highest BCUT2D eigenvalue weighted by Crippen LogP contribution is 2.24. The first-order chi connectivity index (χ1) is 9.75. The van der Waals surface area contributed by atoms with Crippen LogP contribution in [-0.4, -0.2) is 10.9 Å². The van der Waals surface area contributed by atoms with Crippen LogP contribution in [0.4, 0.5) is 5.69 Å². The molecule has 0 fully saturated rings. The van der Waals surface area contributed by atoms with Crippen molar-refractivity contribution in [3.8, 4) is 0 Å². The van der Waals surface area contributed by atoms with Crippen LogP contribution in [0.5, 0.6) is 0 Å². The molecular weight excluding hydrogens is 280 g/mol. The largest absolute Gasteiger partial charge is 0.326 e. The van der Waals surface area contributed by atoms with Gasteiger partial charge in [0.25, 0.3) is 0 Å². The quantitative estimate of drug-likeness (QED) is 0.921. The van der Waals surface area contributed by atoms with Crippen molar-refractivity contribution in [1.82, 2.24) is 4.98 Å². The zero-order valence-corrected chi connectivity index (χ0v) is 14.1. The van der Waals surface area contributed by atoms with Crippen LogP contribution in [0.15, 0.2) is 24.3 Å². The van der Waals surface area contributed by atoms with Crippen molar-refractivity contribution in [2.45, 2.75) is 46.5 Å². The van der Waals surface area contributed by atoms with Gasteiger partial charge in [-0.05, 0) is 37.0 Å². The van der Waals surface area contributed by atoms with Gasteiger partial charge in [-0.1, -0.05) is 32.9 Å². The van der Waals surface area contributed by atoms with E-state index in [2.05, 4.69) is 43.2 Å². The number of carbonyl (C=O) groups is 1. The zero-order chi connectivity index (χ0) is 15.6. The first kappa shape index (κ1) is 15.7. The molecule has 1 N–H and O–H groups in total. The molecule has 1 heterocycles. The number of hydrogen-bond donors (Lipinski definition) is 1. The van der Waals surface area contributed by atoms with E-state index in [0.717, 1.165) is 21.3 Å². The van der Waals surface area contributed by atoms with Crippen molar-refractivity contribution in [2.24, 2.45) is 0 Å². The molecule has 4 heteroatoms. The lowest BCUT2D eigenvalue weighted by Gasteiger charge is -2.19. The molecule has 0 aliphatic heterocycles. The molecule has 1 amide bonds. The van der Waals surface area contributed by atoms with E-state index in [-0.39, 0.29) is 11.3 Å². The van der Waals surface area contributed by atoms with Gasteiger partial charge in [-0.2, -0.15) is 0 Å². The number of hydrogen-bond acceptors (Lipinski definition) is 3. The summed E-state index contributed by atoms with van der Waals surface area (Å²) in [5.41, 5.74) is 3.18. The highest BCUT2D eigenvalue weighted by molar-refractivity contribution is 7.11. The number of anilines is 1. The summed E-state index contributed by atoms with van der Waals surface area (Å²) >= 11 is 1.59. The number of nitrogens with zero attached hydrogens (tertiary/aromatic N) is 1. The number of carbonyl (C=O) groups excluding carboxylic acids is 1. The lowest BCUT2D eigenvalue weighted by molar-refractivity contribution is -0.115. The number of thiazole rings is 1. The van der Waals surface area contributed by atoms with Gasteiger partial charge >= 0.3 is 0 Å². The first-order valence-electron chi connectivity index (χ1n) is 7.09. The molecule has 1 aromatic heterocycles.